The van der Waals surface area contributed by atoms with Crippen molar-refractivity contribution < 1.29 is 17.9 Å². The van der Waals surface area contributed by atoms with E-state index in [1.807, 2.05) is 6.07 Å². The molecule has 0 aliphatic carbocycles. The maximum atomic E-state index is 13.0. The molecule has 4 rings (SSSR count). The van der Waals surface area contributed by atoms with Gasteiger partial charge in [0.15, 0.2) is 0 Å². The van der Waals surface area contributed by atoms with Gasteiger partial charge in [-0.1, -0.05) is 12.1 Å². The second-order valence-corrected chi connectivity index (χ2v) is 9.80. The van der Waals surface area contributed by atoms with Gasteiger partial charge in [-0.3, -0.25) is 15.2 Å². The van der Waals surface area contributed by atoms with Crippen LogP contribution in [0.1, 0.15) is 11.1 Å². The lowest BCUT2D eigenvalue weighted by molar-refractivity contribution is 0.0937. The molecule has 11 heteroatoms. The SMILES string of the molecule is N#Cc1ccccc1S(=O)(=O)N1CCN(CC2CN(c3ccc(C(=N)N)cc3)C(=O)O2)CC1. The van der Waals surface area contributed by atoms with E-state index in [4.69, 9.17) is 15.9 Å². The molecular weight excluding hydrogens is 444 g/mol. The molecule has 0 saturated carbocycles. The van der Waals surface area contributed by atoms with Crippen LogP contribution in [0.2, 0.25) is 0 Å². The molecule has 3 N–H and O–H groups in total. The minimum absolute atomic E-state index is 0.0251. The number of amidine groups is 1. The molecular formula is C22H24N6O4S. The van der Waals surface area contributed by atoms with Crippen LogP contribution in [0.4, 0.5) is 10.5 Å². The Morgan fingerprint density at radius 2 is 1.79 bits per heavy atom. The molecule has 2 saturated heterocycles. The molecule has 1 atom stereocenters. The molecule has 2 aliphatic rings. The molecule has 172 valence electrons. The lowest BCUT2D eigenvalue weighted by Gasteiger charge is -2.34. The van der Waals surface area contributed by atoms with Crippen LogP contribution in [-0.4, -0.2) is 74.9 Å². The number of nitrogens with zero attached hydrogens (tertiary/aromatic N) is 4. The molecule has 2 aliphatic heterocycles. The fourth-order valence-electron chi connectivity index (χ4n) is 4.01. The first-order chi connectivity index (χ1) is 15.8. The fourth-order valence-corrected chi connectivity index (χ4v) is 5.58. The Hall–Kier alpha value is -3.46. The minimum atomic E-state index is -3.75. The summed E-state index contributed by atoms with van der Waals surface area (Å²) in [4.78, 5) is 16.0. The maximum absolute atomic E-state index is 13.0. The molecule has 2 aromatic carbocycles. The Bertz CT molecular complexity index is 1200. The highest BCUT2D eigenvalue weighted by atomic mass is 32.2. The predicted octanol–water partition coefficient (Wildman–Crippen LogP) is 1.17. The molecule has 0 radical (unpaired) electrons. The number of cyclic esters (lactones) is 1. The molecule has 0 bridgehead atoms. The van der Waals surface area contributed by atoms with E-state index in [0.29, 0.717) is 50.5 Å². The topological polar surface area (TPSA) is 144 Å². The molecule has 0 aromatic heterocycles. The standard InChI is InChI=1S/C22H24N6O4S/c23-13-17-3-1-2-4-20(17)33(30,31)27-11-9-26(10-12-27)14-19-15-28(22(29)32-19)18-7-5-16(6-8-18)21(24)25/h1-8,19H,9-12,14-15H2,(H3,24,25). The van der Waals surface area contributed by atoms with Gasteiger partial charge in [-0.2, -0.15) is 9.57 Å². The van der Waals surface area contributed by atoms with Crippen LogP contribution in [0.3, 0.4) is 0 Å². The number of nitrogens with two attached hydrogens (primary N) is 1. The van der Waals surface area contributed by atoms with Gasteiger partial charge in [0.05, 0.1) is 17.0 Å². The van der Waals surface area contributed by atoms with Crippen LogP contribution in [-0.2, 0) is 14.8 Å². The molecule has 2 fully saturated rings. The van der Waals surface area contributed by atoms with Crippen LogP contribution in [0.5, 0.6) is 0 Å². The van der Waals surface area contributed by atoms with Gasteiger partial charge >= 0.3 is 6.09 Å². The maximum Gasteiger partial charge on any atom is 0.414 e. The number of sulfonamides is 1. The van der Waals surface area contributed by atoms with Crippen LogP contribution in [0.25, 0.3) is 0 Å². The summed E-state index contributed by atoms with van der Waals surface area (Å²) in [6, 6.07) is 15.0. The van der Waals surface area contributed by atoms with Gasteiger partial charge in [0, 0.05) is 44.0 Å². The first-order valence-corrected chi connectivity index (χ1v) is 11.9. The number of carbonyl (C=O) groups is 1. The Labute approximate surface area is 192 Å². The lowest BCUT2D eigenvalue weighted by Crippen LogP contribution is -2.50. The van der Waals surface area contributed by atoms with Crippen molar-refractivity contribution >= 4 is 27.6 Å². The summed E-state index contributed by atoms with van der Waals surface area (Å²) in [5, 5.41) is 16.7. The van der Waals surface area contributed by atoms with Gasteiger partial charge in [-0.25, -0.2) is 13.2 Å². The highest BCUT2D eigenvalue weighted by Crippen LogP contribution is 2.24. The summed E-state index contributed by atoms with van der Waals surface area (Å²) in [7, 11) is -3.75. The predicted molar refractivity (Wildman–Crippen MR) is 121 cm³/mol. The van der Waals surface area contributed by atoms with Crippen molar-refractivity contribution in [3.8, 4) is 6.07 Å². The zero-order valence-electron chi connectivity index (χ0n) is 17.8. The van der Waals surface area contributed by atoms with E-state index in [2.05, 4.69) is 4.90 Å². The van der Waals surface area contributed by atoms with Crippen LogP contribution in [0.15, 0.2) is 53.4 Å². The third kappa shape index (κ3) is 4.68. The Morgan fingerprint density at radius 1 is 1.12 bits per heavy atom. The van der Waals surface area contributed by atoms with E-state index in [9.17, 15) is 18.5 Å². The van der Waals surface area contributed by atoms with E-state index >= 15 is 0 Å². The van der Waals surface area contributed by atoms with Crippen molar-refractivity contribution in [2.24, 2.45) is 5.73 Å². The zero-order chi connectivity index (χ0) is 23.6. The summed E-state index contributed by atoms with van der Waals surface area (Å²) in [5.41, 5.74) is 6.85. The molecule has 1 unspecified atom stereocenters. The lowest BCUT2D eigenvalue weighted by atomic mass is 10.2. The number of carbonyl (C=O) groups excluding carboxylic acids is 1. The number of nitrogens with one attached hydrogen (secondary N) is 1. The number of amides is 1. The monoisotopic (exact) mass is 468 g/mol. The summed E-state index contributed by atoms with van der Waals surface area (Å²) < 4.78 is 32.9. The van der Waals surface area contributed by atoms with Crippen molar-refractivity contribution in [1.29, 1.82) is 10.7 Å². The number of piperazine rings is 1. The minimum Gasteiger partial charge on any atom is -0.443 e. The first kappa shape index (κ1) is 22.7. The summed E-state index contributed by atoms with van der Waals surface area (Å²) in [6.07, 6.45) is -0.780. The van der Waals surface area contributed by atoms with Crippen molar-refractivity contribution in [1.82, 2.24) is 9.21 Å². The van der Waals surface area contributed by atoms with Gasteiger partial charge < -0.3 is 10.5 Å². The van der Waals surface area contributed by atoms with Crippen LogP contribution >= 0.6 is 0 Å². The third-order valence-corrected chi connectivity index (χ3v) is 7.74. The normalized spacial score (nSPS) is 19.8. The van der Waals surface area contributed by atoms with Crippen molar-refractivity contribution in [3.63, 3.8) is 0 Å². The van der Waals surface area contributed by atoms with E-state index in [1.165, 1.54) is 21.3 Å². The van der Waals surface area contributed by atoms with E-state index in [1.54, 1.807) is 36.4 Å². The van der Waals surface area contributed by atoms with Gasteiger partial charge in [-0.05, 0) is 36.4 Å². The highest BCUT2D eigenvalue weighted by Gasteiger charge is 2.35. The summed E-state index contributed by atoms with van der Waals surface area (Å²) in [6.45, 7) is 2.45. The number of rotatable bonds is 6. The van der Waals surface area contributed by atoms with Crippen molar-refractivity contribution in [2.45, 2.75) is 11.0 Å². The van der Waals surface area contributed by atoms with E-state index < -0.39 is 16.1 Å². The molecule has 2 heterocycles. The first-order valence-electron chi connectivity index (χ1n) is 10.4. The second kappa shape index (κ2) is 9.19. The number of nitriles is 1. The molecule has 1 amide bonds. The summed E-state index contributed by atoms with van der Waals surface area (Å²) in [5.74, 6) is -0.0410. The zero-order valence-corrected chi connectivity index (χ0v) is 18.7. The van der Waals surface area contributed by atoms with Gasteiger partial charge in [0.2, 0.25) is 10.0 Å². The van der Waals surface area contributed by atoms with Gasteiger partial charge in [0.25, 0.3) is 0 Å². The Balaban J connectivity index is 1.34. The number of ether oxygens (including phenoxy) is 1. The van der Waals surface area contributed by atoms with Gasteiger partial charge in [0.1, 0.15) is 18.0 Å². The molecule has 33 heavy (non-hydrogen) atoms. The Kier molecular flexibility index (Phi) is 6.33. The largest absolute Gasteiger partial charge is 0.443 e. The highest BCUT2D eigenvalue weighted by molar-refractivity contribution is 7.89. The van der Waals surface area contributed by atoms with Crippen molar-refractivity contribution in [2.75, 3.05) is 44.2 Å². The molecule has 2 aromatic rings. The quantitative estimate of drug-likeness (QED) is 0.478. The van der Waals surface area contributed by atoms with Gasteiger partial charge in [-0.15, -0.1) is 0 Å². The number of hydrogen-bond acceptors (Lipinski definition) is 7. The average Bonchev–Trinajstić information content (AvgIpc) is 3.19. The van der Waals surface area contributed by atoms with Crippen LogP contribution < -0.4 is 10.6 Å². The number of nitrogen functional groups attached to an aromatic ring is 1. The van der Waals surface area contributed by atoms with E-state index in [0.717, 1.165) is 0 Å². The fraction of sp³-hybridized carbons (Fsp3) is 0.318. The molecule has 10 nitrogen and oxygen atoms in total. The smallest absolute Gasteiger partial charge is 0.414 e. The van der Waals surface area contributed by atoms with E-state index in [-0.39, 0.29) is 22.4 Å². The number of benzene rings is 2. The number of anilines is 1. The Morgan fingerprint density at radius 3 is 2.42 bits per heavy atom. The van der Waals surface area contributed by atoms with Crippen LogP contribution in [0, 0.1) is 16.7 Å². The average molecular weight is 469 g/mol. The third-order valence-electron chi connectivity index (χ3n) is 5.78. The summed E-state index contributed by atoms with van der Waals surface area (Å²) >= 11 is 0. The molecule has 0 spiro atoms. The number of hydrogen-bond donors (Lipinski definition) is 2. The van der Waals surface area contributed by atoms with Crippen molar-refractivity contribution in [3.05, 3.63) is 59.7 Å². The second-order valence-electron chi connectivity index (χ2n) is 7.89.